The first-order valence-electron chi connectivity index (χ1n) is 5.54. The molecule has 0 fully saturated rings. The molecule has 0 spiro atoms. The highest BCUT2D eigenvalue weighted by atomic mass is 35.5. The normalized spacial score (nSPS) is 12.5. The number of ether oxygens (including phenoxy) is 1. The minimum Gasteiger partial charge on any atom is -0.491 e. The van der Waals surface area contributed by atoms with Gasteiger partial charge in [0.25, 0.3) is 0 Å². The number of halogens is 2. The van der Waals surface area contributed by atoms with E-state index in [9.17, 15) is 0 Å². The van der Waals surface area contributed by atoms with Crippen molar-refractivity contribution in [1.82, 2.24) is 0 Å². The molecule has 0 aromatic heterocycles. The molecule has 1 atom stereocenters. The highest BCUT2D eigenvalue weighted by Gasteiger charge is 2.12. The molecular formula is C12H17Cl2NO2. The van der Waals surface area contributed by atoms with Crippen molar-refractivity contribution in [2.45, 2.75) is 13.3 Å². The molecule has 3 N–H and O–H groups in total. The van der Waals surface area contributed by atoms with Crippen LogP contribution in [0, 0.1) is 5.92 Å². The van der Waals surface area contributed by atoms with E-state index in [1.54, 1.807) is 12.1 Å². The van der Waals surface area contributed by atoms with Gasteiger partial charge in [-0.2, -0.15) is 0 Å². The summed E-state index contributed by atoms with van der Waals surface area (Å²) in [5.41, 5.74) is 6.49. The van der Waals surface area contributed by atoms with E-state index < -0.39 is 0 Å². The Morgan fingerprint density at radius 3 is 2.35 bits per heavy atom. The predicted molar refractivity (Wildman–Crippen MR) is 71.0 cm³/mol. The average molecular weight is 278 g/mol. The standard InChI is InChI=1S/C12H17Cl2NO2/c1-2-17-12-10(13)4-8(5-11(12)14)3-9(6-15)7-16/h4-5,9,16H,2-3,6-7,15H2,1H3. The van der Waals surface area contributed by atoms with Crippen molar-refractivity contribution >= 4 is 23.2 Å². The van der Waals surface area contributed by atoms with Crippen molar-refractivity contribution in [2.24, 2.45) is 11.7 Å². The Balaban J connectivity index is 2.89. The Hall–Kier alpha value is -0.480. The van der Waals surface area contributed by atoms with Gasteiger partial charge >= 0.3 is 0 Å². The lowest BCUT2D eigenvalue weighted by molar-refractivity contribution is 0.230. The van der Waals surface area contributed by atoms with Gasteiger partial charge in [-0.05, 0) is 43.5 Å². The van der Waals surface area contributed by atoms with Crippen molar-refractivity contribution in [1.29, 1.82) is 0 Å². The molecule has 0 heterocycles. The van der Waals surface area contributed by atoms with Crippen LogP contribution in [-0.4, -0.2) is 24.9 Å². The van der Waals surface area contributed by atoms with Gasteiger partial charge in [-0.25, -0.2) is 0 Å². The molecule has 1 unspecified atom stereocenters. The van der Waals surface area contributed by atoms with E-state index in [2.05, 4.69) is 0 Å². The van der Waals surface area contributed by atoms with Crippen LogP contribution in [-0.2, 0) is 6.42 Å². The van der Waals surface area contributed by atoms with Crippen LogP contribution in [0.2, 0.25) is 10.0 Å². The van der Waals surface area contributed by atoms with E-state index in [-0.39, 0.29) is 12.5 Å². The third kappa shape index (κ3) is 4.03. The fourth-order valence-electron chi connectivity index (χ4n) is 1.57. The van der Waals surface area contributed by atoms with E-state index >= 15 is 0 Å². The summed E-state index contributed by atoms with van der Waals surface area (Å²) < 4.78 is 5.34. The Morgan fingerprint density at radius 1 is 1.35 bits per heavy atom. The van der Waals surface area contributed by atoms with Crippen LogP contribution >= 0.6 is 23.2 Å². The first kappa shape index (κ1) is 14.6. The molecule has 0 radical (unpaired) electrons. The second kappa shape index (κ2) is 7.07. The summed E-state index contributed by atoms with van der Waals surface area (Å²) in [5, 5.41) is 10.1. The molecule has 1 aromatic carbocycles. The lowest BCUT2D eigenvalue weighted by Crippen LogP contribution is -2.20. The zero-order chi connectivity index (χ0) is 12.8. The highest BCUT2D eigenvalue weighted by Crippen LogP contribution is 2.34. The summed E-state index contributed by atoms with van der Waals surface area (Å²) in [4.78, 5) is 0. The molecule has 1 aromatic rings. The van der Waals surface area contributed by atoms with E-state index in [1.165, 1.54) is 0 Å². The fraction of sp³-hybridized carbons (Fsp3) is 0.500. The number of nitrogens with two attached hydrogens (primary N) is 1. The minimum absolute atomic E-state index is 0.0278. The molecule has 0 aliphatic rings. The van der Waals surface area contributed by atoms with Crippen molar-refractivity contribution in [2.75, 3.05) is 19.8 Å². The number of aliphatic hydroxyl groups is 1. The van der Waals surface area contributed by atoms with Crippen LogP contribution in [0.25, 0.3) is 0 Å². The maximum atomic E-state index is 9.09. The molecule has 0 saturated carbocycles. The first-order chi connectivity index (χ1) is 8.12. The van der Waals surface area contributed by atoms with Gasteiger partial charge in [-0.3, -0.25) is 0 Å². The van der Waals surface area contributed by atoms with Crippen LogP contribution in [0.3, 0.4) is 0 Å². The van der Waals surface area contributed by atoms with Crippen LogP contribution in [0.15, 0.2) is 12.1 Å². The Labute approximate surface area is 111 Å². The maximum Gasteiger partial charge on any atom is 0.156 e. The van der Waals surface area contributed by atoms with Gasteiger partial charge in [0.1, 0.15) is 0 Å². The van der Waals surface area contributed by atoms with Gasteiger partial charge < -0.3 is 15.6 Å². The lowest BCUT2D eigenvalue weighted by Gasteiger charge is -2.14. The summed E-state index contributed by atoms with van der Waals surface area (Å²) in [7, 11) is 0. The quantitative estimate of drug-likeness (QED) is 0.840. The van der Waals surface area contributed by atoms with Crippen molar-refractivity contribution in [3.05, 3.63) is 27.7 Å². The number of hydrogen-bond acceptors (Lipinski definition) is 3. The molecule has 5 heteroatoms. The van der Waals surface area contributed by atoms with Gasteiger partial charge in [0.15, 0.2) is 5.75 Å². The minimum atomic E-state index is 0.0278. The summed E-state index contributed by atoms with van der Waals surface area (Å²) in [6, 6.07) is 3.60. The molecule has 0 aliphatic heterocycles. The molecule has 17 heavy (non-hydrogen) atoms. The zero-order valence-corrected chi connectivity index (χ0v) is 11.3. The van der Waals surface area contributed by atoms with Crippen LogP contribution in [0.4, 0.5) is 0 Å². The van der Waals surface area contributed by atoms with Gasteiger partial charge in [0, 0.05) is 6.61 Å². The summed E-state index contributed by atoms with van der Waals surface area (Å²) in [6.45, 7) is 2.87. The molecular weight excluding hydrogens is 261 g/mol. The summed E-state index contributed by atoms with van der Waals surface area (Å²) >= 11 is 12.2. The third-order valence-corrected chi connectivity index (χ3v) is 3.02. The van der Waals surface area contributed by atoms with Crippen molar-refractivity contribution < 1.29 is 9.84 Å². The van der Waals surface area contributed by atoms with Gasteiger partial charge in [-0.15, -0.1) is 0 Å². The van der Waals surface area contributed by atoms with Crippen LogP contribution in [0.5, 0.6) is 5.75 Å². The van der Waals surface area contributed by atoms with E-state index in [4.69, 9.17) is 38.8 Å². The monoisotopic (exact) mass is 277 g/mol. The van der Waals surface area contributed by atoms with E-state index in [1.807, 2.05) is 6.92 Å². The Kier molecular flexibility index (Phi) is 6.06. The van der Waals surface area contributed by atoms with E-state index in [0.29, 0.717) is 35.4 Å². The molecule has 96 valence electrons. The highest BCUT2D eigenvalue weighted by molar-refractivity contribution is 6.37. The van der Waals surface area contributed by atoms with Crippen LogP contribution in [0.1, 0.15) is 12.5 Å². The maximum absolute atomic E-state index is 9.09. The Bertz CT molecular complexity index is 345. The lowest BCUT2D eigenvalue weighted by atomic mass is 10.0. The molecule has 0 saturated heterocycles. The van der Waals surface area contributed by atoms with Crippen LogP contribution < -0.4 is 10.5 Å². The SMILES string of the molecule is CCOc1c(Cl)cc(CC(CN)CO)cc1Cl. The molecule has 1 rings (SSSR count). The Morgan fingerprint density at radius 2 is 1.94 bits per heavy atom. The molecule has 0 aliphatic carbocycles. The topological polar surface area (TPSA) is 55.5 Å². The molecule has 0 bridgehead atoms. The third-order valence-electron chi connectivity index (χ3n) is 2.46. The average Bonchev–Trinajstić information content (AvgIpc) is 2.30. The van der Waals surface area contributed by atoms with Gasteiger partial charge in [-0.1, -0.05) is 23.2 Å². The zero-order valence-electron chi connectivity index (χ0n) is 9.75. The molecule has 0 amide bonds. The van der Waals surface area contributed by atoms with Gasteiger partial charge in [0.05, 0.1) is 16.7 Å². The van der Waals surface area contributed by atoms with Crippen molar-refractivity contribution in [3.8, 4) is 5.75 Å². The second-order valence-electron chi connectivity index (χ2n) is 3.81. The largest absolute Gasteiger partial charge is 0.491 e. The smallest absolute Gasteiger partial charge is 0.156 e. The number of rotatable bonds is 6. The second-order valence-corrected chi connectivity index (χ2v) is 4.62. The summed E-state index contributed by atoms with van der Waals surface area (Å²) in [6.07, 6.45) is 0.652. The number of aliphatic hydroxyl groups excluding tert-OH is 1. The number of benzene rings is 1. The summed E-state index contributed by atoms with van der Waals surface area (Å²) in [5.74, 6) is 0.535. The first-order valence-corrected chi connectivity index (χ1v) is 6.29. The fourth-order valence-corrected chi connectivity index (χ4v) is 2.21. The predicted octanol–water partition coefficient (Wildman–Crippen LogP) is 2.50. The van der Waals surface area contributed by atoms with E-state index in [0.717, 1.165) is 5.56 Å². The number of hydrogen-bond donors (Lipinski definition) is 2. The van der Waals surface area contributed by atoms with Crippen molar-refractivity contribution in [3.63, 3.8) is 0 Å². The molecule has 3 nitrogen and oxygen atoms in total. The van der Waals surface area contributed by atoms with Gasteiger partial charge in [0.2, 0.25) is 0 Å².